The van der Waals surface area contributed by atoms with Crippen molar-refractivity contribution in [2.75, 3.05) is 33.2 Å². The average Bonchev–Trinajstić information content (AvgIpc) is 2.30. The van der Waals surface area contributed by atoms with Crippen LogP contribution in [0.3, 0.4) is 0 Å². The van der Waals surface area contributed by atoms with Gasteiger partial charge < -0.3 is 4.90 Å². The van der Waals surface area contributed by atoms with E-state index in [1.807, 2.05) is 24.4 Å². The molecule has 80 valence electrons. The Morgan fingerprint density at radius 2 is 1.73 bits per heavy atom. The Kier molecular flexibility index (Phi) is 3.35. The van der Waals surface area contributed by atoms with Crippen LogP contribution in [0.5, 0.6) is 0 Å². The van der Waals surface area contributed by atoms with Crippen LogP contribution in [0, 0.1) is 0 Å². The first kappa shape index (κ1) is 10.2. The highest BCUT2D eigenvalue weighted by molar-refractivity contribution is 5.79. The van der Waals surface area contributed by atoms with Crippen molar-refractivity contribution >= 4 is 6.21 Å². The average molecular weight is 203 g/mol. The minimum Gasteiger partial charge on any atom is -0.303 e. The maximum Gasteiger partial charge on any atom is 0.0542 e. The van der Waals surface area contributed by atoms with E-state index in [1.54, 1.807) is 0 Å². The van der Waals surface area contributed by atoms with Gasteiger partial charge in [-0.15, -0.1) is 0 Å². The van der Waals surface area contributed by atoms with Crippen LogP contribution in [0.15, 0.2) is 35.4 Å². The standard InChI is InChI=1S/C12H17N3/c1-14-7-9-15(10-8-14)13-11-12-5-3-2-4-6-12/h2-6,11H,7-10H2,1H3/b13-11+. The predicted octanol–water partition coefficient (Wildman–Crippen LogP) is 1.27. The van der Waals surface area contributed by atoms with E-state index in [0.717, 1.165) is 31.7 Å². The SMILES string of the molecule is CN1CCN(/N=C/c2ccccc2)CC1. The third-order valence-electron chi connectivity index (χ3n) is 2.65. The molecular formula is C12H17N3. The maximum atomic E-state index is 4.47. The van der Waals surface area contributed by atoms with Crippen LogP contribution < -0.4 is 0 Å². The second-order valence-corrected chi connectivity index (χ2v) is 3.91. The van der Waals surface area contributed by atoms with E-state index in [4.69, 9.17) is 0 Å². The molecular weight excluding hydrogens is 186 g/mol. The minimum absolute atomic E-state index is 1.03. The number of benzene rings is 1. The summed E-state index contributed by atoms with van der Waals surface area (Å²) in [5, 5.41) is 6.60. The molecule has 0 unspecified atom stereocenters. The highest BCUT2D eigenvalue weighted by atomic mass is 15.5. The van der Waals surface area contributed by atoms with Crippen molar-refractivity contribution < 1.29 is 0 Å². The summed E-state index contributed by atoms with van der Waals surface area (Å²) in [6, 6.07) is 10.2. The molecule has 1 fully saturated rings. The molecule has 15 heavy (non-hydrogen) atoms. The van der Waals surface area contributed by atoms with Gasteiger partial charge in [-0.05, 0) is 12.6 Å². The molecule has 0 aromatic heterocycles. The van der Waals surface area contributed by atoms with Crippen LogP contribution in [-0.2, 0) is 0 Å². The number of rotatable bonds is 2. The normalized spacial score (nSPS) is 18.6. The Morgan fingerprint density at radius 3 is 2.40 bits per heavy atom. The molecule has 1 aliphatic rings. The van der Waals surface area contributed by atoms with Crippen LogP contribution in [0.2, 0.25) is 0 Å². The highest BCUT2D eigenvalue weighted by Crippen LogP contribution is 2.00. The smallest absolute Gasteiger partial charge is 0.0542 e. The van der Waals surface area contributed by atoms with Gasteiger partial charge in [-0.3, -0.25) is 5.01 Å². The summed E-state index contributed by atoms with van der Waals surface area (Å²) < 4.78 is 0. The molecule has 3 heteroatoms. The van der Waals surface area contributed by atoms with Gasteiger partial charge in [0.25, 0.3) is 0 Å². The zero-order valence-electron chi connectivity index (χ0n) is 9.13. The number of hydrogen-bond acceptors (Lipinski definition) is 3. The van der Waals surface area contributed by atoms with Crippen LogP contribution in [0.1, 0.15) is 5.56 Å². The quantitative estimate of drug-likeness (QED) is 0.674. The molecule has 1 heterocycles. The lowest BCUT2D eigenvalue weighted by molar-refractivity contribution is 0.159. The van der Waals surface area contributed by atoms with Gasteiger partial charge in [0, 0.05) is 26.2 Å². The van der Waals surface area contributed by atoms with Gasteiger partial charge in [0.1, 0.15) is 0 Å². The third kappa shape index (κ3) is 3.06. The van der Waals surface area contributed by atoms with E-state index in [2.05, 4.69) is 34.2 Å². The van der Waals surface area contributed by atoms with Crippen molar-refractivity contribution in [1.82, 2.24) is 9.91 Å². The van der Waals surface area contributed by atoms with Crippen molar-refractivity contribution in [2.45, 2.75) is 0 Å². The summed E-state index contributed by atoms with van der Waals surface area (Å²) in [5.74, 6) is 0. The zero-order valence-corrected chi connectivity index (χ0v) is 9.13. The van der Waals surface area contributed by atoms with Gasteiger partial charge >= 0.3 is 0 Å². The van der Waals surface area contributed by atoms with Crippen LogP contribution in [-0.4, -0.2) is 49.4 Å². The van der Waals surface area contributed by atoms with Gasteiger partial charge in [0.15, 0.2) is 0 Å². The highest BCUT2D eigenvalue weighted by Gasteiger charge is 2.10. The topological polar surface area (TPSA) is 18.8 Å². The fourth-order valence-electron chi connectivity index (χ4n) is 1.60. The monoisotopic (exact) mass is 203 g/mol. The van der Waals surface area contributed by atoms with E-state index < -0.39 is 0 Å². The molecule has 1 aliphatic heterocycles. The van der Waals surface area contributed by atoms with Crippen molar-refractivity contribution in [3.05, 3.63) is 35.9 Å². The molecule has 0 radical (unpaired) electrons. The second-order valence-electron chi connectivity index (χ2n) is 3.91. The van der Waals surface area contributed by atoms with Crippen LogP contribution >= 0.6 is 0 Å². The Balaban J connectivity index is 1.89. The lowest BCUT2D eigenvalue weighted by Crippen LogP contribution is -2.41. The first-order valence-electron chi connectivity index (χ1n) is 5.37. The van der Waals surface area contributed by atoms with Crippen molar-refractivity contribution in [3.8, 4) is 0 Å². The summed E-state index contributed by atoms with van der Waals surface area (Å²) in [6.07, 6.45) is 1.94. The van der Waals surface area contributed by atoms with Crippen molar-refractivity contribution in [3.63, 3.8) is 0 Å². The number of nitrogens with zero attached hydrogens (tertiary/aromatic N) is 3. The molecule has 0 amide bonds. The summed E-state index contributed by atoms with van der Waals surface area (Å²) >= 11 is 0. The van der Waals surface area contributed by atoms with E-state index in [-0.39, 0.29) is 0 Å². The molecule has 0 N–H and O–H groups in total. The molecule has 0 saturated carbocycles. The molecule has 0 atom stereocenters. The summed E-state index contributed by atoms with van der Waals surface area (Å²) in [5.41, 5.74) is 1.16. The Bertz CT molecular complexity index is 313. The molecule has 0 spiro atoms. The van der Waals surface area contributed by atoms with Crippen LogP contribution in [0.25, 0.3) is 0 Å². The molecule has 0 bridgehead atoms. The number of likely N-dealkylation sites (N-methyl/N-ethyl adjacent to an activating group) is 1. The second kappa shape index (κ2) is 4.94. The van der Waals surface area contributed by atoms with Crippen molar-refractivity contribution in [2.24, 2.45) is 5.10 Å². The molecule has 2 rings (SSSR count). The number of hydrazone groups is 1. The maximum absolute atomic E-state index is 4.47. The number of piperazine rings is 1. The molecule has 0 aliphatic carbocycles. The van der Waals surface area contributed by atoms with Crippen molar-refractivity contribution in [1.29, 1.82) is 0 Å². The molecule has 1 saturated heterocycles. The predicted molar refractivity (Wildman–Crippen MR) is 63.1 cm³/mol. The Morgan fingerprint density at radius 1 is 1.07 bits per heavy atom. The van der Waals surface area contributed by atoms with E-state index in [0.29, 0.717) is 0 Å². The van der Waals surface area contributed by atoms with E-state index in [9.17, 15) is 0 Å². The Hall–Kier alpha value is -1.35. The first-order chi connectivity index (χ1) is 7.34. The first-order valence-corrected chi connectivity index (χ1v) is 5.37. The fraction of sp³-hybridized carbons (Fsp3) is 0.417. The third-order valence-corrected chi connectivity index (χ3v) is 2.65. The van der Waals surface area contributed by atoms with E-state index >= 15 is 0 Å². The van der Waals surface area contributed by atoms with Gasteiger partial charge in [-0.1, -0.05) is 30.3 Å². The minimum atomic E-state index is 1.03. The van der Waals surface area contributed by atoms with Gasteiger partial charge in [-0.2, -0.15) is 5.10 Å². The number of hydrogen-bond donors (Lipinski definition) is 0. The molecule has 1 aromatic rings. The van der Waals surface area contributed by atoms with Gasteiger partial charge in [0.2, 0.25) is 0 Å². The summed E-state index contributed by atoms with van der Waals surface area (Å²) in [4.78, 5) is 2.33. The summed E-state index contributed by atoms with van der Waals surface area (Å²) in [7, 11) is 2.15. The van der Waals surface area contributed by atoms with E-state index in [1.165, 1.54) is 0 Å². The lowest BCUT2D eigenvalue weighted by atomic mass is 10.2. The zero-order chi connectivity index (χ0) is 10.5. The largest absolute Gasteiger partial charge is 0.303 e. The molecule has 3 nitrogen and oxygen atoms in total. The lowest BCUT2D eigenvalue weighted by Gasteiger charge is -2.30. The van der Waals surface area contributed by atoms with Gasteiger partial charge in [0.05, 0.1) is 6.21 Å². The summed E-state index contributed by atoms with van der Waals surface area (Å²) in [6.45, 7) is 4.26. The van der Waals surface area contributed by atoms with Crippen LogP contribution in [0.4, 0.5) is 0 Å². The fourth-order valence-corrected chi connectivity index (χ4v) is 1.60. The van der Waals surface area contributed by atoms with Gasteiger partial charge in [-0.25, -0.2) is 0 Å². The Labute approximate surface area is 91.0 Å². The molecule has 1 aromatic carbocycles.